The van der Waals surface area contributed by atoms with Gasteiger partial charge in [0.1, 0.15) is 11.6 Å². The van der Waals surface area contributed by atoms with Crippen LogP contribution in [-0.4, -0.2) is 52.1 Å². The lowest BCUT2D eigenvalue weighted by atomic mass is 10.2. The Labute approximate surface area is 154 Å². The molecule has 2 aromatic heterocycles. The highest BCUT2D eigenvalue weighted by Crippen LogP contribution is 2.23. The average molecular weight is 347 g/mol. The van der Waals surface area contributed by atoms with Crippen molar-refractivity contribution in [1.29, 1.82) is 0 Å². The lowest BCUT2D eigenvalue weighted by Crippen LogP contribution is -2.49. The van der Waals surface area contributed by atoms with Gasteiger partial charge in [0.25, 0.3) is 0 Å². The van der Waals surface area contributed by atoms with E-state index in [4.69, 9.17) is 0 Å². The van der Waals surface area contributed by atoms with Crippen LogP contribution in [0.5, 0.6) is 0 Å². The van der Waals surface area contributed by atoms with Crippen molar-refractivity contribution >= 4 is 5.82 Å². The summed E-state index contributed by atoms with van der Waals surface area (Å²) in [6.45, 7) is 8.78. The summed E-state index contributed by atoms with van der Waals surface area (Å²) in [4.78, 5) is 17.5. The number of pyridine rings is 1. The Morgan fingerprint density at radius 1 is 0.846 bits per heavy atom. The minimum atomic E-state index is 0.616. The second-order valence-corrected chi connectivity index (χ2v) is 7.03. The molecule has 5 heteroatoms. The molecule has 3 aromatic rings. The van der Waals surface area contributed by atoms with Crippen LogP contribution in [0.4, 0.5) is 5.82 Å². The molecule has 0 radical (unpaired) electrons. The summed E-state index contributed by atoms with van der Waals surface area (Å²) in [6, 6.07) is 15.1. The van der Waals surface area contributed by atoms with Crippen LogP contribution in [0.25, 0.3) is 22.6 Å². The molecule has 4 rings (SSSR count). The van der Waals surface area contributed by atoms with Gasteiger partial charge in [0, 0.05) is 44.0 Å². The second kappa shape index (κ2) is 7.30. The standard InChI is InChI=1S/C21H25N5/c1-16(2)25-10-12-26(13-11-25)20-9-8-18(14-22-20)21-23-15-19(24-21)17-6-4-3-5-7-17/h3-9,14-16H,10-13H2,1-2H3,(H,23,24). The van der Waals surface area contributed by atoms with Crippen LogP contribution in [0.3, 0.4) is 0 Å². The Bertz CT molecular complexity index is 830. The minimum absolute atomic E-state index is 0.616. The van der Waals surface area contributed by atoms with Gasteiger partial charge in [0.05, 0.1) is 11.9 Å². The summed E-state index contributed by atoms with van der Waals surface area (Å²) in [6.07, 6.45) is 3.79. The van der Waals surface area contributed by atoms with Gasteiger partial charge < -0.3 is 9.88 Å². The number of aromatic amines is 1. The molecule has 5 nitrogen and oxygen atoms in total. The fourth-order valence-electron chi connectivity index (χ4n) is 3.41. The average Bonchev–Trinajstić information content (AvgIpc) is 3.19. The first-order valence-electron chi connectivity index (χ1n) is 9.26. The zero-order valence-corrected chi connectivity index (χ0v) is 15.4. The highest BCUT2D eigenvalue weighted by atomic mass is 15.3. The second-order valence-electron chi connectivity index (χ2n) is 7.03. The van der Waals surface area contributed by atoms with Gasteiger partial charge >= 0.3 is 0 Å². The van der Waals surface area contributed by atoms with E-state index in [0.29, 0.717) is 6.04 Å². The number of benzene rings is 1. The van der Waals surface area contributed by atoms with Gasteiger partial charge in [0.15, 0.2) is 0 Å². The molecule has 26 heavy (non-hydrogen) atoms. The highest BCUT2D eigenvalue weighted by molar-refractivity contribution is 5.64. The first kappa shape index (κ1) is 16.8. The number of nitrogens with one attached hydrogen (secondary N) is 1. The molecule has 0 amide bonds. The molecule has 0 bridgehead atoms. The van der Waals surface area contributed by atoms with E-state index in [1.807, 2.05) is 30.6 Å². The molecule has 1 aromatic carbocycles. The molecule has 1 saturated heterocycles. The van der Waals surface area contributed by atoms with Crippen molar-refractivity contribution in [2.75, 3.05) is 31.1 Å². The van der Waals surface area contributed by atoms with Gasteiger partial charge in [0.2, 0.25) is 0 Å². The van der Waals surface area contributed by atoms with Crippen LogP contribution < -0.4 is 4.90 Å². The molecule has 1 aliphatic rings. The summed E-state index contributed by atoms with van der Waals surface area (Å²) < 4.78 is 0. The van der Waals surface area contributed by atoms with Gasteiger partial charge in [-0.05, 0) is 31.5 Å². The summed E-state index contributed by atoms with van der Waals surface area (Å²) in [5, 5.41) is 0. The molecule has 0 atom stereocenters. The number of piperazine rings is 1. The zero-order chi connectivity index (χ0) is 17.9. The van der Waals surface area contributed by atoms with Gasteiger partial charge in [-0.1, -0.05) is 30.3 Å². The molecule has 1 N–H and O–H groups in total. The van der Waals surface area contributed by atoms with Crippen molar-refractivity contribution in [2.45, 2.75) is 19.9 Å². The van der Waals surface area contributed by atoms with Crippen molar-refractivity contribution in [3.8, 4) is 22.6 Å². The maximum atomic E-state index is 4.68. The van der Waals surface area contributed by atoms with Crippen LogP contribution in [0.15, 0.2) is 54.9 Å². The maximum Gasteiger partial charge on any atom is 0.139 e. The van der Waals surface area contributed by atoms with Gasteiger partial charge in [-0.3, -0.25) is 4.90 Å². The Morgan fingerprint density at radius 3 is 2.27 bits per heavy atom. The van der Waals surface area contributed by atoms with Crippen LogP contribution in [0.1, 0.15) is 13.8 Å². The van der Waals surface area contributed by atoms with Crippen LogP contribution in [0.2, 0.25) is 0 Å². The van der Waals surface area contributed by atoms with Crippen molar-refractivity contribution in [3.05, 3.63) is 54.9 Å². The number of nitrogens with zero attached hydrogens (tertiary/aromatic N) is 4. The third-order valence-corrected chi connectivity index (χ3v) is 5.05. The summed E-state index contributed by atoms with van der Waals surface area (Å²) in [7, 11) is 0. The fraction of sp³-hybridized carbons (Fsp3) is 0.333. The minimum Gasteiger partial charge on any atom is -0.354 e. The van der Waals surface area contributed by atoms with Gasteiger partial charge in [-0.2, -0.15) is 0 Å². The summed E-state index contributed by atoms with van der Waals surface area (Å²) >= 11 is 0. The van der Waals surface area contributed by atoms with Crippen molar-refractivity contribution < 1.29 is 0 Å². The molecular weight excluding hydrogens is 322 g/mol. The van der Waals surface area contributed by atoms with E-state index in [1.165, 1.54) is 0 Å². The third-order valence-electron chi connectivity index (χ3n) is 5.05. The Balaban J connectivity index is 1.46. The number of aromatic nitrogens is 3. The fourth-order valence-corrected chi connectivity index (χ4v) is 3.41. The summed E-state index contributed by atoms with van der Waals surface area (Å²) in [5.74, 6) is 1.90. The first-order valence-corrected chi connectivity index (χ1v) is 9.26. The Hall–Kier alpha value is -2.66. The lowest BCUT2D eigenvalue weighted by Gasteiger charge is -2.37. The number of rotatable bonds is 4. The van der Waals surface area contributed by atoms with E-state index in [0.717, 1.165) is 54.6 Å². The van der Waals surface area contributed by atoms with Gasteiger partial charge in [-0.15, -0.1) is 0 Å². The first-order chi connectivity index (χ1) is 12.7. The normalized spacial score (nSPS) is 15.6. The molecule has 0 saturated carbocycles. The molecule has 3 heterocycles. The van der Waals surface area contributed by atoms with E-state index in [-0.39, 0.29) is 0 Å². The smallest absolute Gasteiger partial charge is 0.139 e. The monoisotopic (exact) mass is 347 g/mol. The van der Waals surface area contributed by atoms with Crippen molar-refractivity contribution in [2.24, 2.45) is 0 Å². The topological polar surface area (TPSA) is 48.0 Å². The van der Waals surface area contributed by atoms with E-state index in [1.54, 1.807) is 0 Å². The molecule has 0 unspecified atom stereocenters. The van der Waals surface area contributed by atoms with Gasteiger partial charge in [-0.25, -0.2) is 9.97 Å². The number of hydrogen-bond acceptors (Lipinski definition) is 4. The van der Waals surface area contributed by atoms with E-state index >= 15 is 0 Å². The van der Waals surface area contributed by atoms with Crippen molar-refractivity contribution in [1.82, 2.24) is 19.9 Å². The number of imidazole rings is 1. The Kier molecular flexibility index (Phi) is 4.71. The Morgan fingerprint density at radius 2 is 1.62 bits per heavy atom. The van der Waals surface area contributed by atoms with Crippen molar-refractivity contribution in [3.63, 3.8) is 0 Å². The SMILES string of the molecule is CC(C)N1CCN(c2ccc(-c3ncc(-c4ccccc4)[nH]3)cn2)CC1. The molecular formula is C21H25N5. The third kappa shape index (κ3) is 3.48. The van der Waals surface area contributed by atoms with E-state index in [9.17, 15) is 0 Å². The lowest BCUT2D eigenvalue weighted by molar-refractivity contribution is 0.209. The molecule has 1 aliphatic heterocycles. The largest absolute Gasteiger partial charge is 0.354 e. The molecule has 134 valence electrons. The highest BCUT2D eigenvalue weighted by Gasteiger charge is 2.19. The number of anilines is 1. The van der Waals surface area contributed by atoms with Crippen LogP contribution >= 0.6 is 0 Å². The maximum absolute atomic E-state index is 4.68. The molecule has 0 aliphatic carbocycles. The van der Waals surface area contributed by atoms with Crippen LogP contribution in [0, 0.1) is 0 Å². The van der Waals surface area contributed by atoms with E-state index < -0.39 is 0 Å². The predicted octanol–water partition coefficient (Wildman–Crippen LogP) is 3.67. The molecule has 0 spiro atoms. The van der Waals surface area contributed by atoms with Crippen LogP contribution in [-0.2, 0) is 0 Å². The zero-order valence-electron chi connectivity index (χ0n) is 15.4. The quantitative estimate of drug-likeness (QED) is 0.782. The van der Waals surface area contributed by atoms with E-state index in [2.05, 4.69) is 62.9 Å². The molecule has 1 fully saturated rings. The number of hydrogen-bond donors (Lipinski definition) is 1. The summed E-state index contributed by atoms with van der Waals surface area (Å²) in [5.41, 5.74) is 3.17. The predicted molar refractivity (Wildman–Crippen MR) is 106 cm³/mol. The number of H-pyrrole nitrogens is 1.